The number of ketones is 1. The lowest BCUT2D eigenvalue weighted by atomic mass is 9.97. The molecule has 1 N–H and O–H groups in total. The number of ether oxygens (including phenoxy) is 1. The van der Waals surface area contributed by atoms with E-state index in [4.69, 9.17) is 27.9 Å². The molecule has 6 nitrogen and oxygen atoms in total. The number of esters is 1. The van der Waals surface area contributed by atoms with Crippen molar-refractivity contribution in [2.75, 3.05) is 19.7 Å². The molecule has 2 rings (SSSR count). The van der Waals surface area contributed by atoms with Gasteiger partial charge in [-0.2, -0.15) is 0 Å². The van der Waals surface area contributed by atoms with Gasteiger partial charge in [-0.1, -0.05) is 23.2 Å². The fourth-order valence-corrected chi connectivity index (χ4v) is 2.95. The summed E-state index contributed by atoms with van der Waals surface area (Å²) in [7, 11) is 0. The van der Waals surface area contributed by atoms with Gasteiger partial charge in [0.25, 0.3) is 5.91 Å². The van der Waals surface area contributed by atoms with E-state index in [-0.39, 0.29) is 17.2 Å². The van der Waals surface area contributed by atoms with Gasteiger partial charge in [-0.25, -0.2) is 5.01 Å². The molecule has 1 atom stereocenters. The third kappa shape index (κ3) is 4.47. The quantitative estimate of drug-likeness (QED) is 0.471. The van der Waals surface area contributed by atoms with Gasteiger partial charge in [0, 0.05) is 23.7 Å². The second-order valence-electron chi connectivity index (χ2n) is 5.34. The van der Waals surface area contributed by atoms with Crippen LogP contribution in [0.3, 0.4) is 0 Å². The first kappa shape index (κ1) is 18.7. The number of hydrogen-bond acceptors (Lipinski definition) is 5. The molecular formula is C16H18Cl2N2O4. The summed E-state index contributed by atoms with van der Waals surface area (Å²) in [5.41, 5.74) is 2.65. The van der Waals surface area contributed by atoms with Crippen LogP contribution >= 0.6 is 23.2 Å². The lowest BCUT2D eigenvalue weighted by Crippen LogP contribution is -2.48. The largest absolute Gasteiger partial charge is 0.465 e. The van der Waals surface area contributed by atoms with Gasteiger partial charge in [-0.05, 0) is 38.0 Å². The molecule has 1 aliphatic heterocycles. The van der Waals surface area contributed by atoms with Crippen molar-refractivity contribution in [3.05, 3.63) is 33.8 Å². The fraction of sp³-hybridized carbons (Fsp3) is 0.438. The Morgan fingerprint density at radius 3 is 2.50 bits per heavy atom. The SMILES string of the molecule is CCOC(=O)C(C(=O)NN1CCCC1)C(=O)c1ccc(Cl)cc1Cl. The number of amides is 1. The molecule has 1 heterocycles. The topological polar surface area (TPSA) is 75.7 Å². The van der Waals surface area contributed by atoms with Gasteiger partial charge in [0.05, 0.1) is 11.6 Å². The Morgan fingerprint density at radius 1 is 1.25 bits per heavy atom. The monoisotopic (exact) mass is 372 g/mol. The maximum atomic E-state index is 12.7. The highest BCUT2D eigenvalue weighted by molar-refractivity contribution is 6.38. The number of benzene rings is 1. The normalized spacial score (nSPS) is 15.8. The Morgan fingerprint density at radius 2 is 1.92 bits per heavy atom. The third-order valence-corrected chi connectivity index (χ3v) is 4.17. The zero-order valence-electron chi connectivity index (χ0n) is 13.2. The first-order valence-electron chi connectivity index (χ1n) is 7.65. The predicted molar refractivity (Wildman–Crippen MR) is 89.9 cm³/mol. The van der Waals surface area contributed by atoms with Crippen molar-refractivity contribution < 1.29 is 19.1 Å². The van der Waals surface area contributed by atoms with Gasteiger partial charge in [0.15, 0.2) is 11.7 Å². The van der Waals surface area contributed by atoms with Crippen molar-refractivity contribution in [3.63, 3.8) is 0 Å². The van der Waals surface area contributed by atoms with Gasteiger partial charge in [0.1, 0.15) is 0 Å². The number of carbonyl (C=O) groups excluding carboxylic acids is 3. The number of carbonyl (C=O) groups is 3. The number of halogens is 2. The fourth-order valence-electron chi connectivity index (χ4n) is 2.45. The third-order valence-electron chi connectivity index (χ3n) is 3.62. The molecule has 1 aromatic carbocycles. The molecule has 0 radical (unpaired) electrons. The van der Waals surface area contributed by atoms with Crippen LogP contribution in [0.2, 0.25) is 10.0 Å². The van der Waals surface area contributed by atoms with Crippen LogP contribution in [0.25, 0.3) is 0 Å². The predicted octanol–water partition coefficient (Wildman–Crippen LogP) is 2.48. The highest BCUT2D eigenvalue weighted by Crippen LogP contribution is 2.24. The van der Waals surface area contributed by atoms with E-state index in [2.05, 4.69) is 5.43 Å². The average Bonchev–Trinajstić information content (AvgIpc) is 3.00. The van der Waals surface area contributed by atoms with Gasteiger partial charge >= 0.3 is 5.97 Å². The van der Waals surface area contributed by atoms with Gasteiger partial charge < -0.3 is 4.74 Å². The number of nitrogens with one attached hydrogen (secondary N) is 1. The zero-order valence-corrected chi connectivity index (χ0v) is 14.7. The Labute approximate surface area is 150 Å². The number of rotatable bonds is 6. The highest BCUT2D eigenvalue weighted by Gasteiger charge is 2.38. The number of Topliss-reactive ketones (excluding diaryl/α,β-unsaturated/α-hetero) is 1. The first-order valence-corrected chi connectivity index (χ1v) is 8.41. The molecule has 0 bridgehead atoms. The van der Waals surface area contributed by atoms with Crippen LogP contribution in [0.5, 0.6) is 0 Å². The van der Waals surface area contributed by atoms with Crippen molar-refractivity contribution in [2.24, 2.45) is 5.92 Å². The molecule has 24 heavy (non-hydrogen) atoms. The summed E-state index contributed by atoms with van der Waals surface area (Å²) in [4.78, 5) is 37.3. The molecule has 0 spiro atoms. The van der Waals surface area contributed by atoms with Crippen LogP contribution in [-0.4, -0.2) is 42.4 Å². The van der Waals surface area contributed by atoms with Crippen LogP contribution in [-0.2, 0) is 14.3 Å². The molecule has 1 saturated heterocycles. The van der Waals surface area contributed by atoms with Crippen LogP contribution in [0, 0.1) is 5.92 Å². The summed E-state index contributed by atoms with van der Waals surface area (Å²) in [6.07, 6.45) is 1.89. The van der Waals surface area contributed by atoms with Gasteiger partial charge in [-0.15, -0.1) is 0 Å². The molecule has 1 amide bonds. The van der Waals surface area contributed by atoms with Crippen molar-refractivity contribution >= 4 is 40.9 Å². The molecule has 0 aromatic heterocycles. The van der Waals surface area contributed by atoms with E-state index in [1.807, 2.05) is 0 Å². The molecular weight excluding hydrogens is 355 g/mol. The number of nitrogens with zero attached hydrogens (tertiary/aromatic N) is 1. The Bertz CT molecular complexity index is 645. The van der Waals surface area contributed by atoms with Crippen LogP contribution in [0.15, 0.2) is 18.2 Å². The molecule has 1 aromatic rings. The first-order chi connectivity index (χ1) is 11.4. The second kappa shape index (κ2) is 8.46. The van der Waals surface area contributed by atoms with Crippen LogP contribution in [0.4, 0.5) is 0 Å². The minimum atomic E-state index is -1.61. The van der Waals surface area contributed by atoms with E-state index >= 15 is 0 Å². The minimum Gasteiger partial charge on any atom is -0.465 e. The van der Waals surface area contributed by atoms with Gasteiger partial charge in [0.2, 0.25) is 0 Å². The molecule has 1 unspecified atom stereocenters. The van der Waals surface area contributed by atoms with E-state index < -0.39 is 23.6 Å². The Hall–Kier alpha value is -1.63. The second-order valence-corrected chi connectivity index (χ2v) is 6.19. The average molecular weight is 373 g/mol. The van der Waals surface area contributed by atoms with Crippen LogP contribution in [0.1, 0.15) is 30.1 Å². The summed E-state index contributed by atoms with van der Waals surface area (Å²) < 4.78 is 4.89. The number of hydrogen-bond donors (Lipinski definition) is 1. The van der Waals surface area contributed by atoms with Crippen molar-refractivity contribution in [1.29, 1.82) is 0 Å². The molecule has 1 aliphatic rings. The van der Waals surface area contributed by atoms with Crippen molar-refractivity contribution in [1.82, 2.24) is 10.4 Å². The summed E-state index contributed by atoms with van der Waals surface area (Å²) in [6.45, 7) is 3.02. The van der Waals surface area contributed by atoms with E-state index in [0.29, 0.717) is 18.1 Å². The Balaban J connectivity index is 2.25. The molecule has 8 heteroatoms. The zero-order chi connectivity index (χ0) is 17.7. The van der Waals surface area contributed by atoms with Crippen LogP contribution < -0.4 is 5.43 Å². The summed E-state index contributed by atoms with van der Waals surface area (Å²) in [5, 5.41) is 2.12. The van der Waals surface area contributed by atoms with E-state index in [0.717, 1.165) is 12.8 Å². The summed E-state index contributed by atoms with van der Waals surface area (Å²) in [6, 6.07) is 4.25. The van der Waals surface area contributed by atoms with Crippen molar-refractivity contribution in [3.8, 4) is 0 Å². The smallest absolute Gasteiger partial charge is 0.326 e. The van der Waals surface area contributed by atoms with E-state index in [9.17, 15) is 14.4 Å². The summed E-state index contributed by atoms with van der Waals surface area (Å²) >= 11 is 11.8. The van der Waals surface area contributed by atoms with Gasteiger partial charge in [-0.3, -0.25) is 19.8 Å². The molecule has 0 aliphatic carbocycles. The summed E-state index contributed by atoms with van der Waals surface area (Å²) in [5.74, 6) is -3.94. The number of hydrazine groups is 1. The highest BCUT2D eigenvalue weighted by atomic mass is 35.5. The maximum absolute atomic E-state index is 12.7. The van der Waals surface area contributed by atoms with E-state index in [1.165, 1.54) is 18.2 Å². The molecule has 0 saturated carbocycles. The lowest BCUT2D eigenvalue weighted by Gasteiger charge is -2.20. The van der Waals surface area contributed by atoms with Crippen molar-refractivity contribution in [2.45, 2.75) is 19.8 Å². The van der Waals surface area contributed by atoms with E-state index in [1.54, 1.807) is 11.9 Å². The standard InChI is InChI=1S/C16H18Cl2N2O4/c1-2-24-16(23)13(15(22)19-20-7-3-4-8-20)14(21)11-6-5-10(17)9-12(11)18/h5-6,9,13H,2-4,7-8H2,1H3,(H,19,22). The minimum absolute atomic E-state index is 0.0516. The lowest BCUT2D eigenvalue weighted by molar-refractivity contribution is -0.151. The molecule has 1 fully saturated rings. The Kier molecular flexibility index (Phi) is 6.60. The maximum Gasteiger partial charge on any atom is 0.326 e. The molecule has 130 valence electrons.